The molecule has 11 nitrogen and oxygen atoms in total. The van der Waals surface area contributed by atoms with E-state index in [1.165, 1.54) is 9.80 Å². The minimum absolute atomic E-state index is 0.0898. The van der Waals surface area contributed by atoms with E-state index in [-0.39, 0.29) is 39.3 Å². The van der Waals surface area contributed by atoms with Crippen LogP contribution in [0.5, 0.6) is 0 Å². The highest BCUT2D eigenvalue weighted by atomic mass is 16.6. The summed E-state index contributed by atoms with van der Waals surface area (Å²) in [6.45, 7) is 16.3. The topological polar surface area (TPSA) is 127 Å². The molecule has 0 aromatic rings. The molecule has 0 fully saturated rings. The van der Waals surface area contributed by atoms with E-state index in [0.29, 0.717) is 0 Å². The van der Waals surface area contributed by atoms with Crippen LogP contribution in [0, 0.1) is 12.3 Å². The summed E-state index contributed by atoms with van der Waals surface area (Å²) in [5.41, 5.74) is -2.13. The number of terminal acetylenes is 1. The van der Waals surface area contributed by atoms with Crippen LogP contribution in [-0.2, 0) is 19.0 Å². The number of carbonyl (C=O) groups excluding carboxylic acids is 4. The average molecular weight is 499 g/mol. The van der Waals surface area contributed by atoms with Crippen molar-refractivity contribution < 1.29 is 33.4 Å². The van der Waals surface area contributed by atoms with Gasteiger partial charge in [-0.3, -0.25) is 4.79 Å². The van der Waals surface area contributed by atoms with E-state index in [1.54, 1.807) is 62.3 Å². The third kappa shape index (κ3) is 17.0. The van der Waals surface area contributed by atoms with Crippen molar-refractivity contribution >= 4 is 24.2 Å². The van der Waals surface area contributed by atoms with Crippen molar-refractivity contribution in [3.63, 3.8) is 0 Å². The van der Waals surface area contributed by atoms with Gasteiger partial charge in [0.25, 0.3) is 5.91 Å². The minimum Gasteiger partial charge on any atom is -0.444 e. The number of amides is 4. The highest BCUT2D eigenvalue weighted by molar-refractivity contribution is 5.92. The van der Waals surface area contributed by atoms with Gasteiger partial charge in [0.2, 0.25) is 0 Å². The Hall–Kier alpha value is -3.16. The maximum absolute atomic E-state index is 12.8. The van der Waals surface area contributed by atoms with Gasteiger partial charge in [-0.15, -0.1) is 6.42 Å². The molecular weight excluding hydrogens is 456 g/mol. The lowest BCUT2D eigenvalue weighted by Crippen LogP contribution is -2.48. The first-order chi connectivity index (χ1) is 15.8. The highest BCUT2D eigenvalue weighted by Gasteiger charge is 2.26. The smallest absolute Gasteiger partial charge is 0.410 e. The Bertz CT molecular complexity index is 771. The minimum atomic E-state index is -0.738. The van der Waals surface area contributed by atoms with Crippen LogP contribution in [-0.4, -0.2) is 90.1 Å². The standard InChI is InChI=1S/C24H42N4O7/c1-11-18(29)25-12-14-27(20(31)34-23(5,6)7)16-17-28(21(32)35-24(8,9)10)15-13-26-19(30)33-22(2,3)4/h1H,12-17H2,2-10H3,(H,25,29)(H,26,30). The number of rotatable bonds is 9. The molecule has 0 radical (unpaired) electrons. The summed E-state index contributed by atoms with van der Waals surface area (Å²) in [6.07, 6.45) is 3.23. The van der Waals surface area contributed by atoms with Gasteiger partial charge in [0.15, 0.2) is 0 Å². The predicted molar refractivity (Wildman–Crippen MR) is 132 cm³/mol. The quantitative estimate of drug-likeness (QED) is 0.370. The molecule has 0 spiro atoms. The largest absolute Gasteiger partial charge is 0.444 e. The molecule has 0 saturated carbocycles. The highest BCUT2D eigenvalue weighted by Crippen LogP contribution is 2.12. The Balaban J connectivity index is 5.32. The fourth-order valence-corrected chi connectivity index (χ4v) is 2.45. The average Bonchev–Trinajstić information content (AvgIpc) is 2.64. The molecule has 0 rings (SSSR count). The Kier molecular flexibility index (Phi) is 12.4. The van der Waals surface area contributed by atoms with Gasteiger partial charge >= 0.3 is 18.3 Å². The van der Waals surface area contributed by atoms with Crippen LogP contribution in [0.25, 0.3) is 0 Å². The van der Waals surface area contributed by atoms with Crippen LogP contribution >= 0.6 is 0 Å². The molecule has 0 aliphatic carbocycles. The van der Waals surface area contributed by atoms with Gasteiger partial charge < -0.3 is 34.6 Å². The predicted octanol–water partition coefficient (Wildman–Crippen LogP) is 2.73. The number of hydrogen-bond acceptors (Lipinski definition) is 7. The van der Waals surface area contributed by atoms with Crippen LogP contribution < -0.4 is 10.6 Å². The molecule has 0 unspecified atom stereocenters. The normalized spacial score (nSPS) is 11.5. The molecule has 200 valence electrons. The number of hydrogen-bond donors (Lipinski definition) is 2. The van der Waals surface area contributed by atoms with E-state index in [1.807, 2.05) is 5.92 Å². The van der Waals surface area contributed by atoms with Gasteiger partial charge in [0.05, 0.1) is 0 Å². The van der Waals surface area contributed by atoms with E-state index in [9.17, 15) is 19.2 Å². The molecule has 2 N–H and O–H groups in total. The molecule has 0 aromatic carbocycles. The van der Waals surface area contributed by atoms with Gasteiger partial charge in [-0.2, -0.15) is 0 Å². The van der Waals surface area contributed by atoms with E-state index < -0.39 is 41.0 Å². The third-order valence-corrected chi connectivity index (χ3v) is 3.79. The molecule has 0 aliphatic rings. The van der Waals surface area contributed by atoms with Crippen LogP contribution in [0.2, 0.25) is 0 Å². The van der Waals surface area contributed by atoms with Crippen LogP contribution in [0.1, 0.15) is 62.3 Å². The van der Waals surface area contributed by atoms with Crippen molar-refractivity contribution in [2.75, 3.05) is 39.3 Å². The summed E-state index contributed by atoms with van der Waals surface area (Å²) in [5.74, 6) is 1.34. The molecule has 0 bridgehead atoms. The Morgan fingerprint density at radius 1 is 0.657 bits per heavy atom. The second-order valence-electron chi connectivity index (χ2n) is 10.8. The molecule has 4 amide bonds. The fourth-order valence-electron chi connectivity index (χ4n) is 2.45. The SMILES string of the molecule is C#CC(=O)NCCN(CCN(CCNC(=O)OC(C)(C)C)C(=O)OC(C)(C)C)C(=O)OC(C)(C)C. The maximum Gasteiger partial charge on any atom is 0.410 e. The molecule has 11 heteroatoms. The molecule has 0 aliphatic heterocycles. The number of carbonyl (C=O) groups is 4. The van der Waals surface area contributed by atoms with Gasteiger partial charge in [-0.05, 0) is 68.2 Å². The maximum atomic E-state index is 12.8. The molecule has 0 atom stereocenters. The van der Waals surface area contributed by atoms with Crippen LogP contribution in [0.15, 0.2) is 0 Å². The van der Waals surface area contributed by atoms with Crippen molar-refractivity contribution in [2.24, 2.45) is 0 Å². The Labute approximate surface area is 209 Å². The van der Waals surface area contributed by atoms with Crippen molar-refractivity contribution in [1.82, 2.24) is 20.4 Å². The summed E-state index contributed by atoms with van der Waals surface area (Å²) in [4.78, 5) is 51.5. The first kappa shape index (κ1) is 31.8. The van der Waals surface area contributed by atoms with E-state index >= 15 is 0 Å². The van der Waals surface area contributed by atoms with Crippen molar-refractivity contribution in [3.8, 4) is 12.3 Å². The monoisotopic (exact) mass is 498 g/mol. The fraction of sp³-hybridized carbons (Fsp3) is 0.750. The molecule has 0 heterocycles. The van der Waals surface area contributed by atoms with Crippen LogP contribution in [0.3, 0.4) is 0 Å². The number of ether oxygens (including phenoxy) is 3. The molecular formula is C24H42N4O7. The van der Waals surface area contributed by atoms with Crippen LogP contribution in [0.4, 0.5) is 14.4 Å². The second-order valence-corrected chi connectivity index (χ2v) is 10.8. The number of alkyl carbamates (subject to hydrolysis) is 1. The summed E-state index contributed by atoms with van der Waals surface area (Å²) in [5, 5.41) is 5.10. The first-order valence-electron chi connectivity index (χ1n) is 11.5. The van der Waals surface area contributed by atoms with E-state index in [0.717, 1.165) is 0 Å². The van der Waals surface area contributed by atoms with Crippen molar-refractivity contribution in [1.29, 1.82) is 0 Å². The van der Waals surface area contributed by atoms with E-state index in [4.69, 9.17) is 20.6 Å². The van der Waals surface area contributed by atoms with Gasteiger partial charge in [-0.25, -0.2) is 14.4 Å². The van der Waals surface area contributed by atoms with Gasteiger partial charge in [0.1, 0.15) is 16.8 Å². The van der Waals surface area contributed by atoms with Gasteiger partial charge in [0, 0.05) is 39.3 Å². The zero-order chi connectivity index (χ0) is 27.4. The van der Waals surface area contributed by atoms with Gasteiger partial charge in [-0.1, -0.05) is 0 Å². The third-order valence-electron chi connectivity index (χ3n) is 3.79. The zero-order valence-electron chi connectivity index (χ0n) is 22.6. The summed E-state index contributed by atoms with van der Waals surface area (Å²) in [7, 11) is 0. The lowest BCUT2D eigenvalue weighted by atomic mass is 10.2. The summed E-state index contributed by atoms with van der Waals surface area (Å²) < 4.78 is 16.1. The Morgan fingerprint density at radius 3 is 1.37 bits per heavy atom. The summed E-state index contributed by atoms with van der Waals surface area (Å²) in [6, 6.07) is 0. The lowest BCUT2D eigenvalue weighted by Gasteiger charge is -2.31. The number of nitrogens with one attached hydrogen (secondary N) is 2. The molecule has 0 aromatic heterocycles. The van der Waals surface area contributed by atoms with E-state index in [2.05, 4.69) is 10.6 Å². The number of nitrogens with zero attached hydrogens (tertiary/aromatic N) is 2. The van der Waals surface area contributed by atoms with Crippen molar-refractivity contribution in [2.45, 2.75) is 79.1 Å². The Morgan fingerprint density at radius 2 is 1.03 bits per heavy atom. The lowest BCUT2D eigenvalue weighted by molar-refractivity contribution is -0.115. The second kappa shape index (κ2) is 13.7. The molecule has 0 saturated heterocycles. The van der Waals surface area contributed by atoms with Crippen molar-refractivity contribution in [3.05, 3.63) is 0 Å². The summed E-state index contributed by atoms with van der Waals surface area (Å²) >= 11 is 0. The molecule has 35 heavy (non-hydrogen) atoms. The zero-order valence-corrected chi connectivity index (χ0v) is 22.6. The first-order valence-corrected chi connectivity index (χ1v) is 11.5.